The lowest BCUT2D eigenvalue weighted by molar-refractivity contribution is 0.0328. The quantitative estimate of drug-likeness (QED) is 0.751. The molecule has 2 rings (SSSR count). The number of sulfonamides is 1. The molecule has 5 nitrogen and oxygen atoms in total. The summed E-state index contributed by atoms with van der Waals surface area (Å²) in [6.45, 7) is 0.128. The maximum atomic E-state index is 12.1. The molecule has 2 N–H and O–H groups in total. The van der Waals surface area contributed by atoms with Crippen LogP contribution in [0.3, 0.4) is 0 Å². The predicted octanol–water partition coefficient (Wildman–Crippen LogP) is 2.49. The standard InChI is InChI=1S/C12H14ClNO4S3/c13-11-3-4-12(20-11)21(16,17)14-8-9(18-6-5-15)10-2-1-7-19-10/h1-4,7,9,14-15H,5-6,8H2/t9-/m0/s1. The molecule has 0 aliphatic rings. The lowest BCUT2D eigenvalue weighted by Gasteiger charge is -2.16. The predicted molar refractivity (Wildman–Crippen MR) is 84.6 cm³/mol. The van der Waals surface area contributed by atoms with Crippen molar-refractivity contribution in [2.45, 2.75) is 10.3 Å². The number of nitrogens with one attached hydrogen (secondary N) is 1. The first kappa shape index (κ1) is 16.9. The van der Waals surface area contributed by atoms with E-state index in [9.17, 15) is 8.42 Å². The molecule has 21 heavy (non-hydrogen) atoms. The van der Waals surface area contributed by atoms with E-state index in [0.717, 1.165) is 16.2 Å². The molecule has 0 saturated carbocycles. The highest BCUT2D eigenvalue weighted by atomic mass is 35.5. The Balaban J connectivity index is 2.04. The molecule has 1 atom stereocenters. The van der Waals surface area contributed by atoms with Crippen LogP contribution in [0.5, 0.6) is 0 Å². The van der Waals surface area contributed by atoms with Crippen molar-refractivity contribution in [1.82, 2.24) is 4.72 Å². The van der Waals surface area contributed by atoms with Gasteiger partial charge in [0.2, 0.25) is 10.0 Å². The van der Waals surface area contributed by atoms with Gasteiger partial charge in [0.1, 0.15) is 10.3 Å². The van der Waals surface area contributed by atoms with Crippen molar-refractivity contribution in [2.24, 2.45) is 0 Å². The number of ether oxygens (including phenoxy) is 1. The van der Waals surface area contributed by atoms with Crippen molar-refractivity contribution in [3.63, 3.8) is 0 Å². The van der Waals surface area contributed by atoms with E-state index in [1.807, 2.05) is 17.5 Å². The summed E-state index contributed by atoms with van der Waals surface area (Å²) < 4.78 is 32.8. The zero-order valence-electron chi connectivity index (χ0n) is 10.9. The summed E-state index contributed by atoms with van der Waals surface area (Å²) >= 11 is 8.22. The topological polar surface area (TPSA) is 75.6 Å². The van der Waals surface area contributed by atoms with E-state index < -0.39 is 16.1 Å². The van der Waals surface area contributed by atoms with E-state index in [1.54, 1.807) is 6.07 Å². The second kappa shape index (κ2) is 7.68. The van der Waals surface area contributed by atoms with Crippen LogP contribution in [0.2, 0.25) is 4.34 Å². The fourth-order valence-corrected chi connectivity index (χ4v) is 4.94. The van der Waals surface area contributed by atoms with E-state index in [0.29, 0.717) is 4.34 Å². The van der Waals surface area contributed by atoms with Gasteiger partial charge >= 0.3 is 0 Å². The molecule has 0 aromatic carbocycles. The van der Waals surface area contributed by atoms with Crippen molar-refractivity contribution >= 4 is 44.3 Å². The van der Waals surface area contributed by atoms with E-state index in [2.05, 4.69) is 4.72 Å². The van der Waals surface area contributed by atoms with Crippen LogP contribution in [-0.2, 0) is 14.8 Å². The Kier molecular flexibility index (Phi) is 6.18. The summed E-state index contributed by atoms with van der Waals surface area (Å²) in [5.41, 5.74) is 0. The van der Waals surface area contributed by atoms with Gasteiger partial charge in [-0.05, 0) is 23.6 Å². The molecule has 0 amide bonds. The molecule has 2 heterocycles. The molecule has 0 spiro atoms. The van der Waals surface area contributed by atoms with Gasteiger partial charge in [-0.15, -0.1) is 22.7 Å². The number of hydrogen-bond donors (Lipinski definition) is 2. The van der Waals surface area contributed by atoms with Crippen LogP contribution < -0.4 is 4.72 Å². The van der Waals surface area contributed by atoms with E-state index >= 15 is 0 Å². The van der Waals surface area contributed by atoms with Gasteiger partial charge in [-0.25, -0.2) is 13.1 Å². The third-order valence-corrected chi connectivity index (χ3v) is 6.65. The van der Waals surface area contributed by atoms with Gasteiger partial charge in [-0.2, -0.15) is 0 Å². The van der Waals surface area contributed by atoms with Crippen LogP contribution in [0.4, 0.5) is 0 Å². The fourth-order valence-electron chi connectivity index (χ4n) is 1.61. The first-order valence-electron chi connectivity index (χ1n) is 6.04. The van der Waals surface area contributed by atoms with Crippen molar-refractivity contribution in [1.29, 1.82) is 0 Å². The second-order valence-electron chi connectivity index (χ2n) is 4.01. The smallest absolute Gasteiger partial charge is 0.250 e. The molecule has 0 radical (unpaired) electrons. The highest BCUT2D eigenvalue weighted by Gasteiger charge is 2.20. The van der Waals surface area contributed by atoms with E-state index in [1.165, 1.54) is 17.4 Å². The number of rotatable bonds is 8. The van der Waals surface area contributed by atoms with Crippen LogP contribution in [0.25, 0.3) is 0 Å². The lowest BCUT2D eigenvalue weighted by atomic mass is 10.3. The number of thiophene rings is 2. The molecule has 0 saturated heterocycles. The third-order valence-electron chi connectivity index (χ3n) is 2.54. The Hall–Kier alpha value is -0.480. The Morgan fingerprint density at radius 3 is 2.76 bits per heavy atom. The lowest BCUT2D eigenvalue weighted by Crippen LogP contribution is -2.29. The van der Waals surface area contributed by atoms with E-state index in [-0.39, 0.29) is 24.0 Å². The summed E-state index contributed by atoms with van der Waals surface area (Å²) in [6.07, 6.45) is -0.428. The zero-order chi connectivity index (χ0) is 15.3. The molecule has 0 unspecified atom stereocenters. The van der Waals surface area contributed by atoms with Crippen molar-refractivity contribution in [2.75, 3.05) is 19.8 Å². The summed E-state index contributed by atoms with van der Waals surface area (Å²) in [6, 6.07) is 6.73. The molecular weight excluding hydrogens is 354 g/mol. The molecule has 116 valence electrons. The minimum absolute atomic E-state index is 0.0956. The molecule has 0 bridgehead atoms. The average molecular weight is 368 g/mol. The summed E-state index contributed by atoms with van der Waals surface area (Å²) in [4.78, 5) is 0.898. The highest BCUT2D eigenvalue weighted by molar-refractivity contribution is 7.91. The summed E-state index contributed by atoms with van der Waals surface area (Å²) in [7, 11) is -3.60. The number of aliphatic hydroxyl groups excluding tert-OH is 1. The number of aliphatic hydroxyl groups is 1. The van der Waals surface area contributed by atoms with Gasteiger partial charge in [0.15, 0.2) is 0 Å². The molecule has 2 aromatic heterocycles. The van der Waals surface area contributed by atoms with Crippen LogP contribution in [0.1, 0.15) is 11.0 Å². The number of hydrogen-bond acceptors (Lipinski definition) is 6. The molecule has 0 fully saturated rings. The highest BCUT2D eigenvalue weighted by Crippen LogP contribution is 2.26. The van der Waals surface area contributed by atoms with Crippen LogP contribution in [-0.4, -0.2) is 33.3 Å². The third kappa shape index (κ3) is 4.75. The second-order valence-corrected chi connectivity index (χ2v) is 8.70. The Morgan fingerprint density at radius 1 is 1.38 bits per heavy atom. The van der Waals surface area contributed by atoms with Gasteiger partial charge < -0.3 is 9.84 Å². The average Bonchev–Trinajstić information content (AvgIpc) is 3.10. The van der Waals surface area contributed by atoms with Crippen molar-refractivity contribution < 1.29 is 18.3 Å². The van der Waals surface area contributed by atoms with Crippen LogP contribution in [0, 0.1) is 0 Å². The molecular formula is C12H14ClNO4S3. The summed E-state index contributed by atoms with van der Waals surface area (Å²) in [5, 5.41) is 10.7. The normalized spacial score (nSPS) is 13.4. The minimum Gasteiger partial charge on any atom is -0.394 e. The molecule has 9 heteroatoms. The van der Waals surface area contributed by atoms with Gasteiger partial charge in [0.25, 0.3) is 0 Å². The zero-order valence-corrected chi connectivity index (χ0v) is 14.1. The first-order valence-corrected chi connectivity index (χ1v) is 9.59. The van der Waals surface area contributed by atoms with Gasteiger partial charge in [-0.3, -0.25) is 0 Å². The minimum atomic E-state index is -3.60. The SMILES string of the molecule is O=S(=O)(NC[C@H](OCCO)c1cccs1)c1ccc(Cl)s1. The fraction of sp³-hybridized carbons (Fsp3) is 0.333. The van der Waals surface area contributed by atoms with Crippen molar-refractivity contribution in [3.8, 4) is 0 Å². The molecule has 2 aromatic rings. The van der Waals surface area contributed by atoms with Gasteiger partial charge in [0.05, 0.1) is 17.6 Å². The van der Waals surface area contributed by atoms with Gasteiger partial charge in [-0.1, -0.05) is 17.7 Å². The first-order chi connectivity index (χ1) is 10.0. The van der Waals surface area contributed by atoms with E-state index in [4.69, 9.17) is 21.4 Å². The maximum Gasteiger partial charge on any atom is 0.250 e. The molecule has 0 aliphatic heterocycles. The Morgan fingerprint density at radius 2 is 2.19 bits per heavy atom. The Bertz CT molecular complexity index is 654. The monoisotopic (exact) mass is 367 g/mol. The number of halogens is 1. The maximum absolute atomic E-state index is 12.1. The molecule has 0 aliphatic carbocycles. The van der Waals surface area contributed by atoms with Gasteiger partial charge in [0, 0.05) is 11.4 Å². The summed E-state index contributed by atoms with van der Waals surface area (Å²) in [5.74, 6) is 0. The van der Waals surface area contributed by atoms with Crippen LogP contribution in [0.15, 0.2) is 33.9 Å². The van der Waals surface area contributed by atoms with Crippen LogP contribution >= 0.6 is 34.3 Å². The van der Waals surface area contributed by atoms with Crippen molar-refractivity contribution in [3.05, 3.63) is 38.9 Å². The largest absolute Gasteiger partial charge is 0.394 e. The Labute approximate surface area is 136 Å².